The lowest BCUT2D eigenvalue weighted by atomic mass is 9.96. The van der Waals surface area contributed by atoms with E-state index in [-0.39, 0.29) is 12.0 Å². The first-order chi connectivity index (χ1) is 7.85. The van der Waals surface area contributed by atoms with Crippen molar-refractivity contribution < 1.29 is 9.63 Å². The fraction of sp³-hybridized carbons (Fsp3) is 0.333. The number of hydrogen-bond donors (Lipinski definition) is 1. The number of benzene rings is 1. The van der Waals surface area contributed by atoms with Gasteiger partial charge in [0.05, 0.1) is 5.41 Å². The summed E-state index contributed by atoms with van der Waals surface area (Å²) in [5.41, 5.74) is 1.12. The van der Waals surface area contributed by atoms with Gasteiger partial charge in [0.25, 0.3) is 0 Å². The Morgan fingerprint density at radius 2 is 2.00 bits per heavy atom. The van der Waals surface area contributed by atoms with Gasteiger partial charge in [-0.15, -0.1) is 0 Å². The van der Waals surface area contributed by atoms with Crippen molar-refractivity contribution in [3.05, 3.63) is 47.6 Å². The number of nitrogens with zero attached hydrogens (tertiary/aromatic N) is 2. The molecule has 0 spiro atoms. The van der Waals surface area contributed by atoms with Gasteiger partial charge >= 0.3 is 0 Å². The summed E-state index contributed by atoms with van der Waals surface area (Å²) in [6, 6.07) is 10.2. The second kappa shape index (κ2) is 3.42. The minimum absolute atomic E-state index is 0.0956. The van der Waals surface area contributed by atoms with E-state index in [1.165, 1.54) is 5.56 Å². The molecular weight excluding hydrogens is 204 g/mol. The SMILES string of the molecule is OCc1noc(C2(c3ccccc3)CC2)n1. The molecule has 1 saturated carbocycles. The van der Waals surface area contributed by atoms with E-state index in [1.54, 1.807) is 0 Å². The molecule has 4 heteroatoms. The third-order valence-electron chi connectivity index (χ3n) is 3.10. The van der Waals surface area contributed by atoms with Crippen molar-refractivity contribution in [1.82, 2.24) is 10.1 Å². The zero-order valence-corrected chi connectivity index (χ0v) is 8.76. The molecular formula is C12H12N2O2. The molecule has 1 aromatic heterocycles. The summed E-state index contributed by atoms with van der Waals surface area (Å²) in [6.07, 6.45) is 2.06. The van der Waals surface area contributed by atoms with Crippen LogP contribution in [0.2, 0.25) is 0 Å². The van der Waals surface area contributed by atoms with Crippen molar-refractivity contribution in [3.8, 4) is 0 Å². The van der Waals surface area contributed by atoms with Crippen LogP contribution in [0.3, 0.4) is 0 Å². The van der Waals surface area contributed by atoms with E-state index < -0.39 is 0 Å². The van der Waals surface area contributed by atoms with Crippen LogP contribution in [-0.4, -0.2) is 15.2 Å². The average molecular weight is 216 g/mol. The summed E-state index contributed by atoms with van der Waals surface area (Å²) in [6.45, 7) is -0.172. The van der Waals surface area contributed by atoms with Crippen LogP contribution >= 0.6 is 0 Å². The van der Waals surface area contributed by atoms with Gasteiger partial charge in [0.1, 0.15) is 6.61 Å². The topological polar surface area (TPSA) is 59.2 Å². The molecule has 3 rings (SSSR count). The minimum atomic E-state index is -0.172. The third-order valence-corrected chi connectivity index (χ3v) is 3.10. The molecule has 0 saturated heterocycles. The van der Waals surface area contributed by atoms with E-state index >= 15 is 0 Å². The molecule has 4 nitrogen and oxygen atoms in total. The first-order valence-electron chi connectivity index (χ1n) is 5.35. The molecule has 2 aromatic rings. The molecule has 0 bridgehead atoms. The monoisotopic (exact) mass is 216 g/mol. The van der Waals surface area contributed by atoms with Crippen molar-refractivity contribution in [2.45, 2.75) is 24.9 Å². The van der Waals surface area contributed by atoms with E-state index in [4.69, 9.17) is 9.63 Å². The highest BCUT2D eigenvalue weighted by atomic mass is 16.5. The zero-order chi connectivity index (χ0) is 11.0. The maximum Gasteiger partial charge on any atom is 0.237 e. The van der Waals surface area contributed by atoms with Crippen LogP contribution in [-0.2, 0) is 12.0 Å². The third kappa shape index (κ3) is 1.34. The second-order valence-electron chi connectivity index (χ2n) is 4.12. The number of aromatic nitrogens is 2. The van der Waals surface area contributed by atoms with Gasteiger partial charge in [-0.25, -0.2) is 0 Å². The Morgan fingerprint density at radius 1 is 1.25 bits per heavy atom. The van der Waals surface area contributed by atoms with Gasteiger partial charge in [-0.3, -0.25) is 0 Å². The minimum Gasteiger partial charge on any atom is -0.388 e. The van der Waals surface area contributed by atoms with Crippen molar-refractivity contribution in [2.24, 2.45) is 0 Å². The molecule has 1 aliphatic carbocycles. The summed E-state index contributed by atoms with van der Waals surface area (Å²) >= 11 is 0. The van der Waals surface area contributed by atoms with Crippen LogP contribution in [0, 0.1) is 0 Å². The quantitative estimate of drug-likeness (QED) is 0.847. The fourth-order valence-corrected chi connectivity index (χ4v) is 2.02. The van der Waals surface area contributed by atoms with Crippen LogP contribution in [0.15, 0.2) is 34.9 Å². The van der Waals surface area contributed by atoms with Gasteiger partial charge in [0.2, 0.25) is 5.89 Å². The predicted octanol–water partition coefficient (Wildman–Crippen LogP) is 1.64. The molecule has 0 radical (unpaired) electrons. The summed E-state index contributed by atoms with van der Waals surface area (Å²) in [4.78, 5) is 4.21. The Balaban J connectivity index is 2.00. The molecule has 0 amide bonds. The molecule has 1 heterocycles. The highest BCUT2D eigenvalue weighted by molar-refractivity contribution is 5.37. The van der Waals surface area contributed by atoms with E-state index in [0.29, 0.717) is 11.7 Å². The van der Waals surface area contributed by atoms with E-state index in [0.717, 1.165) is 12.8 Å². The van der Waals surface area contributed by atoms with Gasteiger partial charge in [-0.1, -0.05) is 35.5 Å². The van der Waals surface area contributed by atoms with Crippen LogP contribution in [0.1, 0.15) is 30.1 Å². The maximum atomic E-state index is 8.92. The Labute approximate surface area is 92.9 Å². The molecule has 1 N–H and O–H groups in total. The number of hydrogen-bond acceptors (Lipinski definition) is 4. The van der Waals surface area contributed by atoms with Crippen molar-refractivity contribution in [1.29, 1.82) is 0 Å². The molecule has 0 aliphatic heterocycles. The first-order valence-corrected chi connectivity index (χ1v) is 5.35. The van der Waals surface area contributed by atoms with Gasteiger partial charge in [0.15, 0.2) is 5.82 Å². The van der Waals surface area contributed by atoms with E-state index in [1.807, 2.05) is 18.2 Å². The standard InChI is InChI=1S/C12H12N2O2/c15-8-10-13-11(16-14-10)12(6-7-12)9-4-2-1-3-5-9/h1-5,15H,6-8H2. The Bertz CT molecular complexity index is 489. The van der Waals surface area contributed by atoms with Gasteiger partial charge in [-0.05, 0) is 18.4 Å². The zero-order valence-electron chi connectivity index (χ0n) is 8.76. The first kappa shape index (κ1) is 9.54. The second-order valence-corrected chi connectivity index (χ2v) is 4.12. The number of rotatable bonds is 3. The van der Waals surface area contributed by atoms with Crippen LogP contribution in [0.4, 0.5) is 0 Å². The largest absolute Gasteiger partial charge is 0.388 e. The van der Waals surface area contributed by atoms with E-state index in [2.05, 4.69) is 22.3 Å². The number of aliphatic hydroxyl groups excluding tert-OH is 1. The highest BCUT2D eigenvalue weighted by Gasteiger charge is 2.50. The van der Waals surface area contributed by atoms with E-state index in [9.17, 15) is 0 Å². The summed E-state index contributed by atoms with van der Waals surface area (Å²) in [5, 5.41) is 12.7. The van der Waals surface area contributed by atoms with Gasteiger partial charge in [0, 0.05) is 0 Å². The average Bonchev–Trinajstić information content (AvgIpc) is 3.02. The lowest BCUT2D eigenvalue weighted by molar-refractivity contribution is 0.262. The van der Waals surface area contributed by atoms with Crippen molar-refractivity contribution in [2.75, 3.05) is 0 Å². The number of aliphatic hydroxyl groups is 1. The lowest BCUT2D eigenvalue weighted by Crippen LogP contribution is -2.09. The Morgan fingerprint density at radius 3 is 2.56 bits per heavy atom. The molecule has 82 valence electrons. The molecule has 1 aliphatic rings. The predicted molar refractivity (Wildman–Crippen MR) is 56.7 cm³/mol. The van der Waals surface area contributed by atoms with Crippen LogP contribution in [0.25, 0.3) is 0 Å². The molecule has 1 fully saturated rings. The smallest absolute Gasteiger partial charge is 0.237 e. The normalized spacial score (nSPS) is 17.3. The Kier molecular flexibility index (Phi) is 2.04. The fourth-order valence-electron chi connectivity index (χ4n) is 2.02. The van der Waals surface area contributed by atoms with Crippen LogP contribution < -0.4 is 0 Å². The summed E-state index contributed by atoms with van der Waals surface area (Å²) in [7, 11) is 0. The van der Waals surface area contributed by atoms with Gasteiger partial charge < -0.3 is 9.63 Å². The Hall–Kier alpha value is -1.68. The van der Waals surface area contributed by atoms with Crippen molar-refractivity contribution in [3.63, 3.8) is 0 Å². The van der Waals surface area contributed by atoms with Crippen LogP contribution in [0.5, 0.6) is 0 Å². The summed E-state index contributed by atoms with van der Waals surface area (Å²) < 4.78 is 5.22. The molecule has 0 unspecified atom stereocenters. The molecule has 1 aromatic carbocycles. The van der Waals surface area contributed by atoms with Crippen molar-refractivity contribution >= 4 is 0 Å². The molecule has 0 atom stereocenters. The molecule has 16 heavy (non-hydrogen) atoms. The lowest BCUT2D eigenvalue weighted by Gasteiger charge is -2.09. The highest BCUT2D eigenvalue weighted by Crippen LogP contribution is 2.52. The van der Waals surface area contributed by atoms with Gasteiger partial charge in [-0.2, -0.15) is 4.98 Å². The summed E-state index contributed by atoms with van der Waals surface area (Å²) in [5.74, 6) is 0.986. The maximum absolute atomic E-state index is 8.92.